The van der Waals surface area contributed by atoms with E-state index in [-0.39, 0.29) is 11.9 Å². The summed E-state index contributed by atoms with van der Waals surface area (Å²) in [6.45, 7) is 2.72. The lowest BCUT2D eigenvalue weighted by molar-refractivity contribution is -0.141. The van der Waals surface area contributed by atoms with Crippen molar-refractivity contribution in [3.05, 3.63) is 12.4 Å². The van der Waals surface area contributed by atoms with Gasteiger partial charge in [0.15, 0.2) is 0 Å². The van der Waals surface area contributed by atoms with E-state index in [1.54, 1.807) is 6.20 Å². The molecule has 2 aliphatic heterocycles. The van der Waals surface area contributed by atoms with Gasteiger partial charge < -0.3 is 4.90 Å². The molecule has 1 unspecified atom stereocenters. The molecule has 3 rings (SSSR count). The van der Waals surface area contributed by atoms with Gasteiger partial charge in [-0.1, -0.05) is 5.21 Å². The second-order valence-electron chi connectivity index (χ2n) is 4.91. The Bertz CT molecular complexity index is 398. The molecular weight excluding hydrogens is 218 g/mol. The minimum atomic E-state index is 0.0912. The van der Waals surface area contributed by atoms with Crippen molar-refractivity contribution < 1.29 is 4.79 Å². The number of aromatic nitrogens is 3. The summed E-state index contributed by atoms with van der Waals surface area (Å²) < 4.78 is 1.88. The first kappa shape index (κ1) is 10.7. The lowest BCUT2D eigenvalue weighted by Crippen LogP contribution is -2.59. The number of nitrogens with zero attached hydrogens (tertiary/aromatic N) is 5. The van der Waals surface area contributed by atoms with Crippen LogP contribution in [0.5, 0.6) is 0 Å². The molecule has 92 valence electrons. The minimum absolute atomic E-state index is 0.0912. The van der Waals surface area contributed by atoms with Gasteiger partial charge in [0.05, 0.1) is 18.3 Å². The Morgan fingerprint density at radius 3 is 2.94 bits per heavy atom. The fraction of sp³-hybridized carbons (Fsp3) is 0.727. The lowest BCUT2D eigenvalue weighted by atomic mass is 9.98. The van der Waals surface area contributed by atoms with Crippen LogP contribution in [0.15, 0.2) is 12.4 Å². The first-order valence-electron chi connectivity index (χ1n) is 6.10. The number of rotatable bonds is 2. The predicted molar refractivity (Wildman–Crippen MR) is 61.3 cm³/mol. The van der Waals surface area contributed by atoms with Crippen molar-refractivity contribution in [2.45, 2.75) is 24.9 Å². The van der Waals surface area contributed by atoms with Crippen LogP contribution >= 0.6 is 0 Å². The van der Waals surface area contributed by atoms with E-state index >= 15 is 0 Å². The number of likely N-dealkylation sites (tertiary alicyclic amines) is 2. The lowest BCUT2D eigenvalue weighted by Gasteiger charge is -2.45. The molecule has 6 heteroatoms. The van der Waals surface area contributed by atoms with E-state index in [1.807, 2.05) is 22.8 Å². The largest absolute Gasteiger partial charge is 0.344 e. The van der Waals surface area contributed by atoms with Gasteiger partial charge in [0, 0.05) is 32.9 Å². The van der Waals surface area contributed by atoms with Crippen LogP contribution in [-0.4, -0.2) is 63.4 Å². The van der Waals surface area contributed by atoms with Crippen molar-refractivity contribution in [3.8, 4) is 0 Å². The van der Waals surface area contributed by atoms with E-state index in [0.717, 1.165) is 32.5 Å². The molecule has 1 aromatic heterocycles. The van der Waals surface area contributed by atoms with E-state index in [4.69, 9.17) is 0 Å². The third-order valence-corrected chi connectivity index (χ3v) is 3.78. The molecule has 1 amide bonds. The quantitative estimate of drug-likeness (QED) is 0.709. The molecule has 1 aromatic rings. The fourth-order valence-electron chi connectivity index (χ4n) is 2.67. The van der Waals surface area contributed by atoms with Gasteiger partial charge in [0.1, 0.15) is 0 Å². The van der Waals surface area contributed by atoms with Gasteiger partial charge in [-0.15, -0.1) is 5.10 Å². The Hall–Kier alpha value is -1.43. The number of carbonyl (C=O) groups excluding carboxylic acids is 1. The Kier molecular flexibility index (Phi) is 2.58. The average molecular weight is 235 g/mol. The zero-order valence-corrected chi connectivity index (χ0v) is 9.99. The molecule has 17 heavy (non-hydrogen) atoms. The summed E-state index contributed by atoms with van der Waals surface area (Å²) in [5, 5.41) is 7.81. The molecule has 3 heterocycles. The Morgan fingerprint density at radius 1 is 1.41 bits per heavy atom. The number of hydrogen-bond donors (Lipinski definition) is 0. The van der Waals surface area contributed by atoms with Crippen LogP contribution in [0.2, 0.25) is 0 Å². The van der Waals surface area contributed by atoms with Gasteiger partial charge in [-0.05, 0) is 12.8 Å². The van der Waals surface area contributed by atoms with Crippen LogP contribution in [0.25, 0.3) is 0 Å². The smallest absolute Gasteiger partial charge is 0.239 e. The number of hydrogen-bond acceptors (Lipinski definition) is 4. The third-order valence-electron chi connectivity index (χ3n) is 3.78. The molecule has 0 saturated carbocycles. The normalized spacial score (nSPS) is 27.2. The van der Waals surface area contributed by atoms with Crippen LogP contribution < -0.4 is 0 Å². The van der Waals surface area contributed by atoms with Gasteiger partial charge in [-0.25, -0.2) is 4.68 Å². The molecule has 0 N–H and O–H groups in total. The van der Waals surface area contributed by atoms with Crippen LogP contribution in [0.3, 0.4) is 0 Å². The van der Waals surface area contributed by atoms with E-state index in [9.17, 15) is 4.79 Å². The highest BCUT2D eigenvalue weighted by molar-refractivity contribution is 5.82. The van der Waals surface area contributed by atoms with E-state index < -0.39 is 0 Å². The highest BCUT2D eigenvalue weighted by Crippen LogP contribution is 2.26. The second-order valence-corrected chi connectivity index (χ2v) is 4.91. The van der Waals surface area contributed by atoms with E-state index in [1.165, 1.54) is 0 Å². The molecule has 0 aromatic carbocycles. The highest BCUT2D eigenvalue weighted by atomic mass is 16.2. The first-order valence-corrected chi connectivity index (χ1v) is 6.10. The first-order chi connectivity index (χ1) is 8.25. The number of piperidine rings is 1. The fourth-order valence-corrected chi connectivity index (χ4v) is 2.67. The topological polar surface area (TPSA) is 54.3 Å². The number of likely N-dealkylation sites (N-methyl/N-ethyl adjacent to an activating group) is 1. The summed E-state index contributed by atoms with van der Waals surface area (Å²) in [4.78, 5) is 16.1. The summed E-state index contributed by atoms with van der Waals surface area (Å²) in [6, 6.07) is 0.478. The van der Waals surface area contributed by atoms with Crippen molar-refractivity contribution in [3.63, 3.8) is 0 Å². The maximum absolute atomic E-state index is 12.0. The summed E-state index contributed by atoms with van der Waals surface area (Å²) >= 11 is 0. The number of carbonyl (C=O) groups is 1. The van der Waals surface area contributed by atoms with Crippen molar-refractivity contribution in [1.82, 2.24) is 24.8 Å². The zero-order chi connectivity index (χ0) is 11.8. The molecule has 6 nitrogen and oxygen atoms in total. The predicted octanol–water partition coefficient (Wildman–Crippen LogP) is -0.244. The molecule has 0 bridgehead atoms. The summed E-state index contributed by atoms with van der Waals surface area (Å²) in [7, 11) is 1.89. The summed E-state index contributed by atoms with van der Waals surface area (Å²) in [6.07, 6.45) is 5.68. The summed E-state index contributed by atoms with van der Waals surface area (Å²) in [5.41, 5.74) is 0. The van der Waals surface area contributed by atoms with Gasteiger partial charge >= 0.3 is 0 Å². The van der Waals surface area contributed by atoms with Gasteiger partial charge in [0.25, 0.3) is 0 Å². The van der Waals surface area contributed by atoms with Crippen LogP contribution in [0.4, 0.5) is 0 Å². The molecule has 2 aliphatic rings. The standard InChI is InChI=1S/C11H17N5O/c1-14-5-2-3-10(11(14)17)15-7-9(8-15)16-6-4-12-13-16/h4,6,9-10H,2-3,5,7-8H2,1H3. The molecular formula is C11H17N5O. The monoisotopic (exact) mass is 235 g/mol. The van der Waals surface area contributed by atoms with Crippen molar-refractivity contribution in [2.24, 2.45) is 0 Å². The van der Waals surface area contributed by atoms with Gasteiger partial charge in [-0.3, -0.25) is 9.69 Å². The van der Waals surface area contributed by atoms with Crippen molar-refractivity contribution in [2.75, 3.05) is 26.7 Å². The summed E-state index contributed by atoms with van der Waals surface area (Å²) in [5.74, 6) is 0.272. The molecule has 0 radical (unpaired) electrons. The Labute approximate surface area is 100 Å². The Balaban J connectivity index is 1.60. The molecule has 2 fully saturated rings. The van der Waals surface area contributed by atoms with Gasteiger partial charge in [-0.2, -0.15) is 0 Å². The van der Waals surface area contributed by atoms with Crippen LogP contribution in [0, 0.1) is 0 Å². The molecule has 2 saturated heterocycles. The SMILES string of the molecule is CN1CCCC(N2CC(n3ccnn3)C2)C1=O. The van der Waals surface area contributed by atoms with Crippen LogP contribution in [0.1, 0.15) is 18.9 Å². The maximum atomic E-state index is 12.0. The van der Waals surface area contributed by atoms with Crippen molar-refractivity contribution in [1.29, 1.82) is 0 Å². The third kappa shape index (κ3) is 1.82. The maximum Gasteiger partial charge on any atom is 0.239 e. The van der Waals surface area contributed by atoms with Crippen molar-refractivity contribution >= 4 is 5.91 Å². The average Bonchev–Trinajstić information content (AvgIpc) is 2.75. The molecule has 0 aliphatic carbocycles. The van der Waals surface area contributed by atoms with Crippen LogP contribution in [-0.2, 0) is 4.79 Å². The molecule has 1 atom stereocenters. The number of amides is 1. The zero-order valence-electron chi connectivity index (χ0n) is 9.99. The second kappa shape index (κ2) is 4.10. The Morgan fingerprint density at radius 2 is 2.24 bits per heavy atom. The molecule has 0 spiro atoms. The van der Waals surface area contributed by atoms with E-state index in [2.05, 4.69) is 15.2 Å². The van der Waals surface area contributed by atoms with E-state index in [0.29, 0.717) is 6.04 Å². The van der Waals surface area contributed by atoms with Gasteiger partial charge in [0.2, 0.25) is 5.91 Å². The minimum Gasteiger partial charge on any atom is -0.344 e. The highest BCUT2D eigenvalue weighted by Gasteiger charge is 2.39.